The van der Waals surface area contributed by atoms with Crippen LogP contribution in [0.5, 0.6) is 5.75 Å². The lowest BCUT2D eigenvalue weighted by Gasteiger charge is -2.44. The fourth-order valence-corrected chi connectivity index (χ4v) is 3.82. The molecule has 1 saturated heterocycles. The second-order valence-corrected chi connectivity index (χ2v) is 9.72. The highest BCUT2D eigenvalue weighted by Gasteiger charge is 2.51. The molecule has 0 aliphatic carbocycles. The van der Waals surface area contributed by atoms with Crippen molar-refractivity contribution in [1.29, 1.82) is 0 Å². The Morgan fingerprint density at radius 3 is 1.94 bits per heavy atom. The molecule has 0 unspecified atom stereocenters. The molecule has 1 fully saturated rings. The van der Waals surface area contributed by atoms with Gasteiger partial charge in [0.1, 0.15) is 24.5 Å². The normalized spacial score (nSPS) is 24.1. The largest absolute Gasteiger partial charge is 0.463 e. The first-order valence-electron chi connectivity index (χ1n) is 11.4. The summed E-state index contributed by atoms with van der Waals surface area (Å²) in [6, 6.07) is 6.38. The van der Waals surface area contributed by atoms with Crippen LogP contribution < -0.4 is 10.1 Å². The minimum absolute atomic E-state index is 0.109. The highest BCUT2D eigenvalue weighted by molar-refractivity contribution is 5.73. The number of hydrogen-bond donors (Lipinski definition) is 1. The van der Waals surface area contributed by atoms with Crippen LogP contribution in [0.3, 0.4) is 0 Å². The lowest BCUT2D eigenvalue weighted by molar-refractivity contribution is -0.257. The van der Waals surface area contributed by atoms with Crippen LogP contribution in [0.4, 0.5) is 0 Å². The van der Waals surface area contributed by atoms with Crippen molar-refractivity contribution in [2.45, 2.75) is 85.5 Å². The first-order valence-corrected chi connectivity index (χ1v) is 11.4. The maximum Gasteiger partial charge on any atom is 0.303 e. The van der Waals surface area contributed by atoms with Gasteiger partial charge in [-0.05, 0) is 29.5 Å². The molecule has 5 atom stereocenters. The molecule has 2 rings (SSSR count). The van der Waals surface area contributed by atoms with Gasteiger partial charge in [-0.25, -0.2) is 0 Å². The zero-order valence-electron chi connectivity index (χ0n) is 21.3. The molecule has 0 bridgehead atoms. The average molecular weight is 494 g/mol. The molecule has 194 valence electrons. The van der Waals surface area contributed by atoms with Crippen LogP contribution >= 0.6 is 0 Å². The number of hydrogen-bond acceptors (Lipinski definition) is 9. The molecule has 1 aliphatic rings. The molecule has 1 aliphatic heterocycles. The van der Waals surface area contributed by atoms with Gasteiger partial charge in [-0.1, -0.05) is 32.9 Å². The van der Waals surface area contributed by atoms with E-state index in [1.54, 1.807) is 12.1 Å². The summed E-state index contributed by atoms with van der Waals surface area (Å²) in [7, 11) is 0. The van der Waals surface area contributed by atoms with E-state index < -0.39 is 54.5 Å². The van der Waals surface area contributed by atoms with E-state index in [1.807, 2.05) is 12.1 Å². The number of amides is 1. The van der Waals surface area contributed by atoms with Crippen LogP contribution in [-0.2, 0) is 44.5 Å². The van der Waals surface area contributed by atoms with Crippen molar-refractivity contribution < 1.29 is 42.9 Å². The molecule has 35 heavy (non-hydrogen) atoms. The lowest BCUT2D eigenvalue weighted by atomic mass is 9.88. The van der Waals surface area contributed by atoms with Crippen molar-refractivity contribution in [3.8, 4) is 5.75 Å². The molecular formula is C25H35NO9. The monoisotopic (exact) mass is 493 g/mol. The molecule has 10 nitrogen and oxygen atoms in total. The molecule has 0 spiro atoms. The van der Waals surface area contributed by atoms with Gasteiger partial charge in [0, 0.05) is 27.7 Å². The number of carbonyl (C=O) groups is 4. The third-order valence-corrected chi connectivity index (χ3v) is 4.98. The van der Waals surface area contributed by atoms with E-state index in [9.17, 15) is 19.2 Å². The summed E-state index contributed by atoms with van der Waals surface area (Å²) in [5.41, 5.74) is 1.23. The molecule has 1 amide bonds. The van der Waals surface area contributed by atoms with Gasteiger partial charge in [-0.3, -0.25) is 19.2 Å². The lowest BCUT2D eigenvalue weighted by Crippen LogP contribution is -2.67. The third kappa shape index (κ3) is 9.20. The van der Waals surface area contributed by atoms with Gasteiger partial charge in [0.2, 0.25) is 12.2 Å². The Bertz CT molecular complexity index is 907. The Morgan fingerprint density at radius 2 is 1.46 bits per heavy atom. The second kappa shape index (κ2) is 12.0. The third-order valence-electron chi connectivity index (χ3n) is 4.98. The van der Waals surface area contributed by atoms with Crippen molar-refractivity contribution >= 4 is 23.8 Å². The van der Waals surface area contributed by atoms with Crippen molar-refractivity contribution in [2.24, 2.45) is 5.41 Å². The highest BCUT2D eigenvalue weighted by Crippen LogP contribution is 2.30. The predicted octanol–water partition coefficient (Wildman–Crippen LogP) is 2.31. The maximum absolute atomic E-state index is 12.0. The van der Waals surface area contributed by atoms with Crippen LogP contribution in [0.25, 0.3) is 0 Å². The predicted molar refractivity (Wildman–Crippen MR) is 124 cm³/mol. The second-order valence-electron chi connectivity index (χ2n) is 9.72. The Kier molecular flexibility index (Phi) is 9.64. The number of benzene rings is 1. The van der Waals surface area contributed by atoms with E-state index in [0.717, 1.165) is 12.0 Å². The number of ether oxygens (including phenoxy) is 5. The Labute approximate surface area is 205 Å². The summed E-state index contributed by atoms with van der Waals surface area (Å²) >= 11 is 0. The van der Waals surface area contributed by atoms with Gasteiger partial charge in [0.15, 0.2) is 12.2 Å². The minimum Gasteiger partial charge on any atom is -0.463 e. The summed E-state index contributed by atoms with van der Waals surface area (Å²) in [4.78, 5) is 47.2. The standard InChI is InChI=1S/C25H35NO9/c1-14(27)26-21-23(33-17(4)30)22(32-16(3)29)20(13-31-15(2)28)35-24(21)34-19-10-8-18(9-11-19)12-25(5,6)7/h8-11,20-24H,12-13H2,1-7H3,(H,26,27)/t20-,21-,22+,23-,24-/m1/s1. The van der Waals surface area contributed by atoms with E-state index in [2.05, 4.69) is 26.1 Å². The fourth-order valence-electron chi connectivity index (χ4n) is 3.82. The Morgan fingerprint density at radius 1 is 0.886 bits per heavy atom. The SMILES string of the molecule is CC(=O)N[C@H]1[C@H](Oc2ccc(CC(C)(C)C)cc2)O[C@H](COC(C)=O)[C@H](OC(C)=O)[C@@H]1OC(C)=O. The Balaban J connectivity index is 2.39. The van der Waals surface area contributed by atoms with Crippen LogP contribution in [0.1, 0.15) is 54.0 Å². The zero-order valence-corrected chi connectivity index (χ0v) is 21.3. The quantitative estimate of drug-likeness (QED) is 0.429. The smallest absolute Gasteiger partial charge is 0.303 e. The fraction of sp³-hybridized carbons (Fsp3) is 0.600. The summed E-state index contributed by atoms with van der Waals surface area (Å²) in [5, 5.41) is 2.67. The van der Waals surface area contributed by atoms with Crippen LogP contribution in [0, 0.1) is 5.41 Å². The molecule has 1 aromatic rings. The molecule has 0 aromatic heterocycles. The summed E-state index contributed by atoms with van der Waals surface area (Å²) in [6.45, 7) is 11.0. The zero-order chi connectivity index (χ0) is 26.3. The average Bonchev–Trinajstić information content (AvgIpc) is 2.70. The minimum atomic E-state index is -1.17. The molecular weight excluding hydrogens is 458 g/mol. The molecule has 0 radical (unpaired) electrons. The van der Waals surface area contributed by atoms with Crippen molar-refractivity contribution in [3.63, 3.8) is 0 Å². The van der Waals surface area contributed by atoms with Gasteiger partial charge in [-0.2, -0.15) is 0 Å². The van der Waals surface area contributed by atoms with Gasteiger partial charge >= 0.3 is 17.9 Å². The van der Waals surface area contributed by atoms with Gasteiger partial charge < -0.3 is 29.0 Å². The number of rotatable bonds is 8. The number of nitrogens with one attached hydrogen (secondary N) is 1. The number of esters is 3. The first kappa shape index (κ1) is 28.1. The van der Waals surface area contributed by atoms with Crippen molar-refractivity contribution in [3.05, 3.63) is 29.8 Å². The van der Waals surface area contributed by atoms with Gasteiger partial charge in [0.05, 0.1) is 0 Å². The van der Waals surface area contributed by atoms with Crippen LogP contribution in [0.15, 0.2) is 24.3 Å². The molecule has 1 aromatic carbocycles. The van der Waals surface area contributed by atoms with E-state index in [4.69, 9.17) is 23.7 Å². The molecule has 10 heteroatoms. The summed E-state index contributed by atoms with van der Waals surface area (Å²) in [5.74, 6) is -1.90. The summed E-state index contributed by atoms with van der Waals surface area (Å²) < 4.78 is 28.0. The molecule has 1 heterocycles. The topological polar surface area (TPSA) is 126 Å². The summed E-state index contributed by atoms with van der Waals surface area (Å²) in [6.07, 6.45) is -3.64. The van der Waals surface area contributed by atoms with Gasteiger partial charge in [0.25, 0.3) is 0 Å². The van der Waals surface area contributed by atoms with E-state index >= 15 is 0 Å². The van der Waals surface area contributed by atoms with E-state index in [1.165, 1.54) is 27.7 Å². The number of carbonyl (C=O) groups excluding carboxylic acids is 4. The highest BCUT2D eigenvalue weighted by atomic mass is 16.7. The van der Waals surface area contributed by atoms with Crippen molar-refractivity contribution in [1.82, 2.24) is 5.32 Å². The van der Waals surface area contributed by atoms with E-state index in [-0.39, 0.29) is 12.0 Å². The van der Waals surface area contributed by atoms with Crippen LogP contribution in [-0.4, -0.2) is 61.1 Å². The van der Waals surface area contributed by atoms with Gasteiger partial charge in [-0.15, -0.1) is 0 Å². The van der Waals surface area contributed by atoms with Crippen molar-refractivity contribution in [2.75, 3.05) is 6.61 Å². The van der Waals surface area contributed by atoms with Crippen LogP contribution in [0.2, 0.25) is 0 Å². The first-order chi connectivity index (χ1) is 16.2. The van der Waals surface area contributed by atoms with E-state index in [0.29, 0.717) is 5.75 Å². The molecule has 0 saturated carbocycles. The molecule has 1 N–H and O–H groups in total. The maximum atomic E-state index is 12.0. The Hall–Kier alpha value is -3.14.